The molecule has 5 N–H and O–H groups in total. The van der Waals surface area contributed by atoms with Gasteiger partial charge in [-0.15, -0.1) is 11.3 Å². The number of carbonyl (C=O) groups is 4. The third-order valence-electron chi connectivity index (χ3n) is 6.67. The van der Waals surface area contributed by atoms with E-state index in [0.717, 1.165) is 33.6 Å². The number of rotatable bonds is 7. The van der Waals surface area contributed by atoms with Crippen LogP contribution in [0.1, 0.15) is 37.2 Å². The van der Waals surface area contributed by atoms with Gasteiger partial charge in [-0.25, -0.2) is 9.59 Å². The van der Waals surface area contributed by atoms with Crippen LogP contribution in [0.5, 0.6) is 0 Å². The predicted octanol–water partition coefficient (Wildman–Crippen LogP) is 4.42. The first kappa shape index (κ1) is 26.8. The van der Waals surface area contributed by atoms with Crippen molar-refractivity contribution in [3.05, 3.63) is 100 Å². The summed E-state index contributed by atoms with van der Waals surface area (Å²) >= 11 is 1.00. The number of thiophene rings is 1. The molecule has 0 saturated carbocycles. The largest absolute Gasteiger partial charge is 0.478 e. The van der Waals surface area contributed by atoms with Gasteiger partial charge in [0.25, 0.3) is 5.91 Å². The Kier molecular flexibility index (Phi) is 7.72. The molecule has 0 radical (unpaired) electrons. The van der Waals surface area contributed by atoms with Gasteiger partial charge in [-0.3, -0.25) is 9.59 Å². The minimum atomic E-state index is -1.71. The number of aliphatic carboxylic acids is 1. The monoisotopic (exact) mass is 555 g/mol. The fourth-order valence-electron chi connectivity index (χ4n) is 4.73. The fourth-order valence-corrected chi connectivity index (χ4v) is 6.04. The van der Waals surface area contributed by atoms with Gasteiger partial charge in [0.05, 0.1) is 11.6 Å². The maximum Gasteiger partial charge on any atom is 0.394 e. The molecule has 0 fully saturated rings. The third-order valence-corrected chi connectivity index (χ3v) is 7.93. The summed E-state index contributed by atoms with van der Waals surface area (Å²) in [6, 6.07) is 25.2. The van der Waals surface area contributed by atoms with Crippen LogP contribution in [-0.4, -0.2) is 47.1 Å². The molecule has 2 amide bonds. The molecule has 0 unspecified atom stereocenters. The number of benzene rings is 3. The summed E-state index contributed by atoms with van der Waals surface area (Å²) in [6.07, 6.45) is 0.397. The molecule has 9 nitrogen and oxygen atoms in total. The van der Waals surface area contributed by atoms with E-state index in [-0.39, 0.29) is 23.0 Å². The average Bonchev–Trinajstić information content (AvgIpc) is 3.35. The second-order valence-electron chi connectivity index (χ2n) is 9.20. The van der Waals surface area contributed by atoms with E-state index in [2.05, 4.69) is 40.2 Å². The van der Waals surface area contributed by atoms with Gasteiger partial charge in [0.2, 0.25) is 0 Å². The summed E-state index contributed by atoms with van der Waals surface area (Å²) < 4.78 is 0. The Bertz CT molecular complexity index is 1600. The number of carboxylic acid groups (broad SMARTS) is 2. The molecule has 1 aliphatic rings. The summed E-state index contributed by atoms with van der Waals surface area (Å²) in [6.45, 7) is 0.645. The van der Waals surface area contributed by atoms with E-state index in [1.54, 1.807) is 12.1 Å². The molecule has 40 heavy (non-hydrogen) atoms. The standard InChI is InChI=1S/C30H25N3O6S/c34-26(19-11-9-18(10-12-19)21-8-4-7-20(15-21)17-5-2-1-3-6-17)32-16-23-25-22(13-14-31-23)24(29(36)37)28(40-25)33-27(35)30(38)39/h1-12,15,23,31H,13-14,16H2,(H,32,34)(H,33,35)(H,36,37)(H,38,39)/t23-/m0/s1. The lowest BCUT2D eigenvalue weighted by atomic mass is 9.98. The molecule has 0 bridgehead atoms. The highest BCUT2D eigenvalue weighted by Crippen LogP contribution is 2.39. The normalized spacial score (nSPS) is 14.2. The van der Waals surface area contributed by atoms with E-state index in [0.29, 0.717) is 29.0 Å². The topological polar surface area (TPSA) is 145 Å². The van der Waals surface area contributed by atoms with Crippen LogP contribution in [0.2, 0.25) is 0 Å². The van der Waals surface area contributed by atoms with Crippen molar-refractivity contribution in [1.82, 2.24) is 10.6 Å². The predicted molar refractivity (Wildman–Crippen MR) is 152 cm³/mol. The summed E-state index contributed by atoms with van der Waals surface area (Å²) in [7, 11) is 0. The van der Waals surface area contributed by atoms with Crippen molar-refractivity contribution in [1.29, 1.82) is 0 Å². The third kappa shape index (κ3) is 5.63. The highest BCUT2D eigenvalue weighted by atomic mass is 32.1. The summed E-state index contributed by atoms with van der Waals surface area (Å²) in [5, 5.41) is 26.9. The summed E-state index contributed by atoms with van der Waals surface area (Å²) in [5.41, 5.74) is 5.12. The minimum absolute atomic E-state index is 0.0307. The Morgan fingerprint density at radius 3 is 2.15 bits per heavy atom. The number of fused-ring (bicyclic) bond motifs is 1. The van der Waals surface area contributed by atoms with Crippen molar-refractivity contribution >= 4 is 40.1 Å². The number of carbonyl (C=O) groups excluding carboxylic acids is 2. The first-order valence-electron chi connectivity index (χ1n) is 12.5. The number of nitrogens with one attached hydrogen (secondary N) is 3. The van der Waals surface area contributed by atoms with Crippen LogP contribution in [0.25, 0.3) is 22.3 Å². The van der Waals surface area contributed by atoms with Gasteiger partial charge in [-0.05, 0) is 59.0 Å². The van der Waals surface area contributed by atoms with E-state index in [9.17, 15) is 24.3 Å². The molecule has 0 spiro atoms. The van der Waals surface area contributed by atoms with Crippen molar-refractivity contribution in [2.75, 3.05) is 18.4 Å². The molecule has 1 aliphatic heterocycles. The molecule has 0 aliphatic carbocycles. The first-order chi connectivity index (χ1) is 19.3. The highest BCUT2D eigenvalue weighted by molar-refractivity contribution is 7.17. The van der Waals surface area contributed by atoms with Crippen LogP contribution in [0.4, 0.5) is 5.00 Å². The SMILES string of the molecule is O=C(O)C(=O)Nc1sc2c(c1C(=O)O)CCN[C@H]2CNC(=O)c1ccc(-c2cccc(-c3ccccc3)c2)cc1. The van der Waals surface area contributed by atoms with E-state index >= 15 is 0 Å². The van der Waals surface area contributed by atoms with Crippen molar-refractivity contribution in [3.8, 4) is 22.3 Å². The van der Waals surface area contributed by atoms with E-state index in [1.807, 2.05) is 42.5 Å². The number of carboxylic acids is 2. The lowest BCUT2D eigenvalue weighted by molar-refractivity contribution is -0.147. The Hall–Kier alpha value is -4.80. The van der Waals surface area contributed by atoms with Crippen molar-refractivity contribution in [3.63, 3.8) is 0 Å². The molecule has 5 rings (SSSR count). The van der Waals surface area contributed by atoms with Crippen LogP contribution in [0.15, 0.2) is 78.9 Å². The van der Waals surface area contributed by atoms with E-state index < -0.39 is 23.9 Å². The first-order valence-corrected chi connectivity index (χ1v) is 13.3. The molecular formula is C30H25N3O6S. The number of aromatic carboxylic acids is 1. The van der Waals surface area contributed by atoms with Gasteiger partial charge in [0, 0.05) is 17.0 Å². The van der Waals surface area contributed by atoms with Crippen LogP contribution in [-0.2, 0) is 16.0 Å². The molecule has 202 valence electrons. The van der Waals surface area contributed by atoms with E-state index in [4.69, 9.17) is 5.11 Å². The number of hydrogen-bond acceptors (Lipinski definition) is 6. The molecule has 1 atom stereocenters. The fraction of sp³-hybridized carbons (Fsp3) is 0.133. The van der Waals surface area contributed by atoms with Gasteiger partial charge in [-0.2, -0.15) is 0 Å². The Labute approximate surface area is 233 Å². The van der Waals surface area contributed by atoms with Crippen LogP contribution < -0.4 is 16.0 Å². The van der Waals surface area contributed by atoms with Crippen LogP contribution >= 0.6 is 11.3 Å². The quantitative estimate of drug-likeness (QED) is 0.212. The summed E-state index contributed by atoms with van der Waals surface area (Å²) in [5.74, 6) is -4.56. The van der Waals surface area contributed by atoms with Crippen LogP contribution in [0.3, 0.4) is 0 Å². The van der Waals surface area contributed by atoms with Gasteiger partial charge < -0.3 is 26.2 Å². The molecule has 3 aromatic carbocycles. The second kappa shape index (κ2) is 11.5. The van der Waals surface area contributed by atoms with E-state index in [1.165, 1.54) is 0 Å². The van der Waals surface area contributed by atoms with Gasteiger partial charge in [0.1, 0.15) is 5.00 Å². The Morgan fingerprint density at radius 2 is 1.50 bits per heavy atom. The molecular weight excluding hydrogens is 530 g/mol. The van der Waals surface area contributed by atoms with Crippen molar-refractivity contribution < 1.29 is 29.4 Å². The molecule has 2 heterocycles. The van der Waals surface area contributed by atoms with Crippen molar-refractivity contribution in [2.24, 2.45) is 0 Å². The highest BCUT2D eigenvalue weighted by Gasteiger charge is 2.31. The van der Waals surface area contributed by atoms with Gasteiger partial charge in [0.15, 0.2) is 0 Å². The number of amides is 2. The van der Waals surface area contributed by atoms with Gasteiger partial charge >= 0.3 is 17.8 Å². The average molecular weight is 556 g/mol. The zero-order chi connectivity index (χ0) is 28.2. The Balaban J connectivity index is 1.28. The molecule has 1 aromatic heterocycles. The molecule has 0 saturated heterocycles. The lowest BCUT2D eigenvalue weighted by Crippen LogP contribution is -2.38. The smallest absolute Gasteiger partial charge is 0.394 e. The maximum atomic E-state index is 12.9. The number of anilines is 1. The summed E-state index contributed by atoms with van der Waals surface area (Å²) in [4.78, 5) is 48.1. The molecule has 10 heteroatoms. The van der Waals surface area contributed by atoms with Crippen LogP contribution in [0, 0.1) is 0 Å². The zero-order valence-corrected chi connectivity index (χ0v) is 22.0. The maximum absolute atomic E-state index is 12.9. The lowest BCUT2D eigenvalue weighted by Gasteiger charge is -2.24. The number of hydrogen-bond donors (Lipinski definition) is 5. The zero-order valence-electron chi connectivity index (χ0n) is 21.1. The second-order valence-corrected chi connectivity index (χ2v) is 10.3. The molecule has 4 aromatic rings. The minimum Gasteiger partial charge on any atom is -0.478 e. The van der Waals surface area contributed by atoms with Crippen molar-refractivity contribution in [2.45, 2.75) is 12.5 Å². The van der Waals surface area contributed by atoms with Gasteiger partial charge in [-0.1, -0.05) is 60.7 Å². The Morgan fingerprint density at radius 1 is 0.850 bits per heavy atom.